The van der Waals surface area contributed by atoms with Crippen LogP contribution in [0.2, 0.25) is 5.02 Å². The lowest BCUT2D eigenvalue weighted by atomic mass is 9.94. The highest BCUT2D eigenvalue weighted by molar-refractivity contribution is 6.32. The van der Waals surface area contributed by atoms with Gasteiger partial charge in [-0.3, -0.25) is 9.59 Å². The third-order valence-electron chi connectivity index (χ3n) is 6.72. The number of amides is 2. The highest BCUT2D eigenvalue weighted by Gasteiger charge is 2.34. The maximum absolute atomic E-state index is 13.7. The molecule has 6 nitrogen and oxygen atoms in total. The third-order valence-corrected chi connectivity index (χ3v) is 7.71. The molecule has 1 aliphatic rings. The van der Waals surface area contributed by atoms with Crippen LogP contribution in [0.5, 0.6) is 5.75 Å². The van der Waals surface area contributed by atoms with E-state index in [1.54, 1.807) is 12.0 Å². The minimum Gasteiger partial charge on any atom is -0.497 e. The second-order valence-electron chi connectivity index (χ2n) is 9.65. The van der Waals surface area contributed by atoms with Gasteiger partial charge in [-0.15, -0.1) is 11.6 Å². The molecule has 3 aromatic rings. The standard InChI is InChI=1S/C28H31Cl2N3O3/c1-19-22(26(34)31-13-15-32(16-14-31)27(35)28(2,3)18-29)17-25(20-9-11-21(36-4)12-10-20)33(19)24-8-6-5-7-23(24)30/h5-12,17H,13-16,18H2,1-4H3. The van der Waals surface area contributed by atoms with Crippen LogP contribution in [0.1, 0.15) is 29.9 Å². The summed E-state index contributed by atoms with van der Waals surface area (Å²) >= 11 is 12.6. The first-order valence-electron chi connectivity index (χ1n) is 11.9. The Balaban J connectivity index is 1.67. The zero-order valence-corrected chi connectivity index (χ0v) is 22.6. The number of methoxy groups -OCH3 is 1. The second kappa shape index (κ2) is 10.6. The van der Waals surface area contributed by atoms with Crippen LogP contribution in [0.15, 0.2) is 54.6 Å². The molecule has 0 unspecified atom stereocenters. The number of hydrogen-bond donors (Lipinski definition) is 0. The minimum atomic E-state index is -0.621. The lowest BCUT2D eigenvalue weighted by Gasteiger charge is -2.38. The van der Waals surface area contributed by atoms with E-state index in [1.807, 2.05) is 84.8 Å². The van der Waals surface area contributed by atoms with E-state index < -0.39 is 5.41 Å². The Labute approximate surface area is 222 Å². The van der Waals surface area contributed by atoms with Gasteiger partial charge < -0.3 is 19.1 Å². The van der Waals surface area contributed by atoms with Crippen molar-refractivity contribution in [2.45, 2.75) is 20.8 Å². The molecule has 0 saturated carbocycles. The second-order valence-corrected chi connectivity index (χ2v) is 10.3. The van der Waals surface area contributed by atoms with Crippen LogP contribution in [0.25, 0.3) is 16.9 Å². The molecule has 0 aliphatic carbocycles. The molecular weight excluding hydrogens is 497 g/mol. The predicted octanol–water partition coefficient (Wildman–Crippen LogP) is 5.66. The molecule has 2 heterocycles. The highest BCUT2D eigenvalue weighted by Crippen LogP contribution is 2.34. The molecule has 0 spiro atoms. The van der Waals surface area contributed by atoms with E-state index in [4.69, 9.17) is 27.9 Å². The van der Waals surface area contributed by atoms with Gasteiger partial charge in [0.05, 0.1) is 34.5 Å². The van der Waals surface area contributed by atoms with Crippen LogP contribution in [-0.2, 0) is 4.79 Å². The van der Waals surface area contributed by atoms with Crippen LogP contribution in [0.4, 0.5) is 0 Å². The number of rotatable bonds is 6. The minimum absolute atomic E-state index is 0.0208. The molecule has 2 aromatic carbocycles. The zero-order valence-electron chi connectivity index (χ0n) is 21.1. The molecule has 1 aliphatic heterocycles. The molecule has 8 heteroatoms. The van der Waals surface area contributed by atoms with Crippen LogP contribution in [0, 0.1) is 12.3 Å². The Hall–Kier alpha value is -2.96. The van der Waals surface area contributed by atoms with Gasteiger partial charge in [-0.05, 0) is 68.8 Å². The van der Waals surface area contributed by atoms with Crippen LogP contribution in [-0.4, -0.2) is 65.4 Å². The molecule has 0 atom stereocenters. The van der Waals surface area contributed by atoms with Gasteiger partial charge in [0.1, 0.15) is 5.75 Å². The maximum atomic E-state index is 13.7. The van der Waals surface area contributed by atoms with Gasteiger partial charge in [0.15, 0.2) is 0 Å². The summed E-state index contributed by atoms with van der Waals surface area (Å²) in [4.78, 5) is 30.1. The Morgan fingerprint density at radius 1 is 0.972 bits per heavy atom. The summed E-state index contributed by atoms with van der Waals surface area (Å²) in [5, 5.41) is 0.596. The summed E-state index contributed by atoms with van der Waals surface area (Å²) in [6, 6.07) is 17.3. The predicted molar refractivity (Wildman–Crippen MR) is 144 cm³/mol. The number of alkyl halides is 1. The summed E-state index contributed by atoms with van der Waals surface area (Å²) in [5.74, 6) is 0.977. The Morgan fingerprint density at radius 2 is 1.58 bits per heavy atom. The van der Waals surface area contributed by atoms with E-state index in [1.165, 1.54) is 0 Å². The third kappa shape index (κ3) is 4.97. The van der Waals surface area contributed by atoms with Crippen molar-refractivity contribution in [2.24, 2.45) is 5.41 Å². The molecule has 0 bridgehead atoms. The number of carbonyl (C=O) groups excluding carboxylic acids is 2. The maximum Gasteiger partial charge on any atom is 0.255 e. The van der Waals surface area contributed by atoms with Crippen molar-refractivity contribution in [3.63, 3.8) is 0 Å². The van der Waals surface area contributed by atoms with Crippen molar-refractivity contribution >= 4 is 35.0 Å². The van der Waals surface area contributed by atoms with Crippen LogP contribution in [0.3, 0.4) is 0 Å². The van der Waals surface area contributed by atoms with E-state index >= 15 is 0 Å². The number of aromatic nitrogens is 1. The quantitative estimate of drug-likeness (QED) is 0.388. The monoisotopic (exact) mass is 527 g/mol. The van der Waals surface area contributed by atoms with E-state index in [-0.39, 0.29) is 17.7 Å². The van der Waals surface area contributed by atoms with Gasteiger partial charge in [-0.2, -0.15) is 0 Å². The fourth-order valence-corrected chi connectivity index (χ4v) is 4.84. The van der Waals surface area contributed by atoms with E-state index in [0.717, 1.165) is 28.4 Å². The number of hydrogen-bond acceptors (Lipinski definition) is 3. The lowest BCUT2D eigenvalue weighted by Crippen LogP contribution is -2.53. The molecule has 190 valence electrons. The van der Waals surface area contributed by atoms with Crippen molar-refractivity contribution in [3.8, 4) is 22.7 Å². The first kappa shape index (κ1) is 26.1. The molecule has 0 N–H and O–H groups in total. The first-order chi connectivity index (χ1) is 17.2. The molecule has 2 amide bonds. The number of carbonyl (C=O) groups is 2. The summed E-state index contributed by atoms with van der Waals surface area (Å²) < 4.78 is 7.34. The summed E-state index contributed by atoms with van der Waals surface area (Å²) in [6.07, 6.45) is 0. The number of benzene rings is 2. The topological polar surface area (TPSA) is 54.8 Å². The average molecular weight is 528 g/mol. The van der Waals surface area contributed by atoms with Gasteiger partial charge in [-0.25, -0.2) is 0 Å². The fraction of sp³-hybridized carbons (Fsp3) is 0.357. The van der Waals surface area contributed by atoms with Crippen LogP contribution >= 0.6 is 23.2 Å². The summed E-state index contributed by atoms with van der Waals surface area (Å²) in [5.41, 5.74) is 3.41. The number of nitrogens with zero attached hydrogens (tertiary/aromatic N) is 3. The average Bonchev–Trinajstić information content (AvgIpc) is 3.24. The van der Waals surface area contributed by atoms with Gasteiger partial charge in [0.25, 0.3) is 5.91 Å². The van der Waals surface area contributed by atoms with Gasteiger partial charge >= 0.3 is 0 Å². The highest BCUT2D eigenvalue weighted by atomic mass is 35.5. The molecular formula is C28H31Cl2N3O3. The number of para-hydroxylation sites is 1. The first-order valence-corrected chi connectivity index (χ1v) is 12.9. The van der Waals surface area contributed by atoms with Gasteiger partial charge in [0, 0.05) is 37.8 Å². The number of halogens is 2. The molecule has 0 radical (unpaired) electrons. The molecule has 36 heavy (non-hydrogen) atoms. The van der Waals surface area contributed by atoms with Crippen LogP contribution < -0.4 is 4.74 Å². The smallest absolute Gasteiger partial charge is 0.255 e. The van der Waals surface area contributed by atoms with E-state index in [9.17, 15) is 9.59 Å². The SMILES string of the molecule is COc1ccc(-c2cc(C(=O)N3CCN(C(=O)C(C)(C)CCl)CC3)c(C)n2-c2ccccc2Cl)cc1. The number of ether oxygens (including phenoxy) is 1. The summed E-state index contributed by atoms with van der Waals surface area (Å²) in [7, 11) is 1.63. The van der Waals surface area contributed by atoms with Gasteiger partial charge in [0.2, 0.25) is 5.91 Å². The Bertz CT molecular complexity index is 1260. The molecule has 1 fully saturated rings. The fourth-order valence-electron chi connectivity index (χ4n) is 4.51. The van der Waals surface area contributed by atoms with Gasteiger partial charge in [-0.1, -0.05) is 23.7 Å². The Kier molecular flexibility index (Phi) is 7.67. The largest absolute Gasteiger partial charge is 0.497 e. The number of piperazine rings is 1. The van der Waals surface area contributed by atoms with Crippen molar-refractivity contribution in [2.75, 3.05) is 39.2 Å². The normalized spacial score (nSPS) is 14.2. The Morgan fingerprint density at radius 3 is 2.17 bits per heavy atom. The van der Waals surface area contributed by atoms with Crippen molar-refractivity contribution in [1.29, 1.82) is 0 Å². The van der Waals surface area contributed by atoms with E-state index in [2.05, 4.69) is 0 Å². The summed E-state index contributed by atoms with van der Waals surface area (Å²) in [6.45, 7) is 7.55. The molecule has 1 aromatic heterocycles. The molecule has 1 saturated heterocycles. The lowest BCUT2D eigenvalue weighted by molar-refractivity contribution is -0.140. The van der Waals surface area contributed by atoms with Crippen molar-refractivity contribution in [1.82, 2.24) is 14.4 Å². The van der Waals surface area contributed by atoms with Crippen molar-refractivity contribution in [3.05, 3.63) is 70.9 Å². The van der Waals surface area contributed by atoms with Crippen molar-refractivity contribution < 1.29 is 14.3 Å². The molecule has 4 rings (SSSR count). The zero-order chi connectivity index (χ0) is 26.0. The van der Waals surface area contributed by atoms with E-state index in [0.29, 0.717) is 36.8 Å².